The summed E-state index contributed by atoms with van der Waals surface area (Å²) in [5.74, 6) is 0.0548. The fraction of sp³-hybridized carbons (Fsp3) is 0.769. The zero-order valence-electron chi connectivity index (χ0n) is 11.9. The molecule has 0 aromatic carbocycles. The normalized spacial score (nSPS) is 26.0. The Kier molecular flexibility index (Phi) is 3.19. The second-order valence-electron chi connectivity index (χ2n) is 6.73. The molecular weight excluding hydrogens is 216 g/mol. The zero-order valence-corrected chi connectivity index (χ0v) is 11.9. The van der Waals surface area contributed by atoms with E-state index in [0.717, 1.165) is 5.70 Å². The molecule has 1 aliphatic rings. The largest absolute Gasteiger partial charge is 0.367 e. The third-order valence-electron chi connectivity index (χ3n) is 3.17. The van der Waals surface area contributed by atoms with Gasteiger partial charge in [-0.05, 0) is 27.7 Å². The van der Waals surface area contributed by atoms with Crippen molar-refractivity contribution in [2.24, 2.45) is 5.41 Å². The molecule has 0 aromatic rings. The van der Waals surface area contributed by atoms with Crippen molar-refractivity contribution in [1.82, 2.24) is 10.4 Å². The second-order valence-corrected chi connectivity index (χ2v) is 6.73. The van der Waals surface area contributed by atoms with Gasteiger partial charge >= 0.3 is 0 Å². The molecule has 0 amide bonds. The van der Waals surface area contributed by atoms with E-state index in [2.05, 4.69) is 5.32 Å². The van der Waals surface area contributed by atoms with Crippen molar-refractivity contribution in [3.63, 3.8) is 0 Å². The Morgan fingerprint density at radius 3 is 2.06 bits per heavy atom. The summed E-state index contributed by atoms with van der Waals surface area (Å²) < 4.78 is 0. The number of nitrogens with one attached hydrogen (secondary N) is 1. The molecule has 17 heavy (non-hydrogen) atoms. The Labute approximate surface area is 104 Å². The molecule has 1 fully saturated rings. The van der Waals surface area contributed by atoms with Gasteiger partial charge in [-0.15, -0.1) is 0 Å². The van der Waals surface area contributed by atoms with E-state index < -0.39 is 16.6 Å². The molecule has 98 valence electrons. The number of hydrogen-bond acceptors (Lipinski definition) is 4. The highest BCUT2D eigenvalue weighted by molar-refractivity contribution is 5.94. The summed E-state index contributed by atoms with van der Waals surface area (Å²) in [6.45, 7) is 13.2. The summed E-state index contributed by atoms with van der Waals surface area (Å²) in [5.41, 5.74) is -0.791. The van der Waals surface area contributed by atoms with E-state index in [9.17, 15) is 10.0 Å². The van der Waals surface area contributed by atoms with Crippen molar-refractivity contribution >= 4 is 5.78 Å². The summed E-state index contributed by atoms with van der Waals surface area (Å²) in [6, 6.07) is 0. The summed E-state index contributed by atoms with van der Waals surface area (Å²) in [6.07, 6.45) is 1.61. The molecule has 1 rings (SSSR count). The molecular formula is C13H24N2O2. The first-order chi connectivity index (χ1) is 7.39. The molecule has 1 saturated heterocycles. The van der Waals surface area contributed by atoms with Gasteiger partial charge in [-0.3, -0.25) is 4.79 Å². The van der Waals surface area contributed by atoms with Crippen LogP contribution >= 0.6 is 0 Å². The first-order valence-electron chi connectivity index (χ1n) is 5.93. The lowest BCUT2D eigenvalue weighted by atomic mass is 9.88. The molecule has 0 atom stereocenters. The highest BCUT2D eigenvalue weighted by atomic mass is 16.5. The molecule has 0 aromatic heterocycles. The van der Waals surface area contributed by atoms with Crippen LogP contribution in [0.4, 0.5) is 0 Å². The van der Waals surface area contributed by atoms with E-state index in [4.69, 9.17) is 0 Å². The summed E-state index contributed by atoms with van der Waals surface area (Å²) in [4.78, 5) is 12.0. The van der Waals surface area contributed by atoms with Crippen LogP contribution in [-0.2, 0) is 4.79 Å². The molecule has 0 aliphatic carbocycles. The minimum absolute atomic E-state index is 0.0548. The highest BCUT2D eigenvalue weighted by Crippen LogP contribution is 2.35. The van der Waals surface area contributed by atoms with Gasteiger partial charge in [0.2, 0.25) is 0 Å². The zero-order chi connectivity index (χ0) is 13.6. The summed E-state index contributed by atoms with van der Waals surface area (Å²) >= 11 is 0. The van der Waals surface area contributed by atoms with Crippen molar-refractivity contribution in [3.8, 4) is 0 Å². The van der Waals surface area contributed by atoms with Gasteiger partial charge in [0.05, 0.1) is 5.54 Å². The molecule has 4 nitrogen and oxygen atoms in total. The number of allylic oxidation sites excluding steroid dienone is 1. The van der Waals surface area contributed by atoms with Crippen molar-refractivity contribution < 1.29 is 10.0 Å². The van der Waals surface area contributed by atoms with E-state index in [1.807, 2.05) is 48.5 Å². The minimum atomic E-state index is -0.579. The van der Waals surface area contributed by atoms with Crippen molar-refractivity contribution in [2.75, 3.05) is 0 Å². The van der Waals surface area contributed by atoms with Crippen molar-refractivity contribution in [2.45, 2.75) is 59.7 Å². The van der Waals surface area contributed by atoms with Crippen LogP contribution in [0, 0.1) is 5.41 Å². The molecule has 0 unspecified atom stereocenters. The molecule has 1 aliphatic heterocycles. The van der Waals surface area contributed by atoms with Gasteiger partial charge in [0.1, 0.15) is 5.66 Å². The third kappa shape index (κ3) is 2.53. The number of ketones is 1. The Morgan fingerprint density at radius 1 is 1.29 bits per heavy atom. The van der Waals surface area contributed by atoms with E-state index in [0.29, 0.717) is 0 Å². The molecule has 4 heteroatoms. The molecule has 2 N–H and O–H groups in total. The lowest BCUT2D eigenvalue weighted by molar-refractivity contribution is -0.191. The van der Waals surface area contributed by atoms with Gasteiger partial charge in [0.15, 0.2) is 5.78 Å². The number of rotatable bonds is 1. The van der Waals surface area contributed by atoms with E-state index in [1.54, 1.807) is 6.08 Å². The molecule has 0 bridgehead atoms. The standard InChI is InChI=1S/C13H24N2O2/c1-11(2,3)10(16)8-9-12(4,5)15(17)13(6,7)14-9/h8,14,17H,1-7H3. The lowest BCUT2D eigenvalue weighted by Crippen LogP contribution is -2.48. The van der Waals surface area contributed by atoms with Crippen LogP contribution in [0.5, 0.6) is 0 Å². The predicted molar refractivity (Wildman–Crippen MR) is 67.5 cm³/mol. The molecule has 0 radical (unpaired) electrons. The van der Waals surface area contributed by atoms with Crippen LogP contribution in [0.25, 0.3) is 0 Å². The van der Waals surface area contributed by atoms with E-state index >= 15 is 0 Å². The molecule has 1 heterocycles. The fourth-order valence-electron chi connectivity index (χ4n) is 1.91. The average Bonchev–Trinajstić information content (AvgIpc) is 2.26. The molecule has 0 saturated carbocycles. The smallest absolute Gasteiger partial charge is 0.162 e. The monoisotopic (exact) mass is 240 g/mol. The van der Waals surface area contributed by atoms with Crippen LogP contribution in [0.3, 0.4) is 0 Å². The van der Waals surface area contributed by atoms with Crippen LogP contribution in [0.1, 0.15) is 48.5 Å². The first-order valence-corrected chi connectivity index (χ1v) is 5.93. The molecule has 0 spiro atoms. The lowest BCUT2D eigenvalue weighted by Gasteiger charge is -2.32. The van der Waals surface area contributed by atoms with E-state index in [-0.39, 0.29) is 5.78 Å². The number of nitrogens with zero attached hydrogens (tertiary/aromatic N) is 1. The number of carbonyl (C=O) groups excluding carboxylic acids is 1. The fourth-order valence-corrected chi connectivity index (χ4v) is 1.91. The van der Waals surface area contributed by atoms with Crippen LogP contribution in [0.15, 0.2) is 11.8 Å². The number of hydrogen-bond donors (Lipinski definition) is 2. The van der Waals surface area contributed by atoms with E-state index in [1.165, 1.54) is 5.06 Å². The summed E-state index contributed by atoms with van der Waals surface area (Å²) in [5, 5.41) is 14.5. The van der Waals surface area contributed by atoms with Gasteiger partial charge < -0.3 is 10.5 Å². The number of hydroxylamine groups is 2. The Morgan fingerprint density at radius 2 is 1.76 bits per heavy atom. The Hall–Kier alpha value is -0.870. The SMILES string of the molecule is CC(C)(C)C(=O)C=C1NC(C)(C)N(O)C1(C)C. The van der Waals surface area contributed by atoms with Gasteiger partial charge in [0, 0.05) is 17.2 Å². The van der Waals surface area contributed by atoms with Crippen molar-refractivity contribution in [1.29, 1.82) is 0 Å². The first kappa shape index (κ1) is 14.2. The van der Waals surface area contributed by atoms with Gasteiger partial charge in [0.25, 0.3) is 0 Å². The minimum Gasteiger partial charge on any atom is -0.367 e. The second kappa shape index (κ2) is 3.82. The van der Waals surface area contributed by atoms with Gasteiger partial charge in [-0.25, -0.2) is 0 Å². The number of carbonyl (C=O) groups is 1. The highest BCUT2D eigenvalue weighted by Gasteiger charge is 2.48. The van der Waals surface area contributed by atoms with Crippen LogP contribution < -0.4 is 5.32 Å². The van der Waals surface area contributed by atoms with Crippen LogP contribution in [-0.4, -0.2) is 27.3 Å². The summed E-state index contributed by atoms with van der Waals surface area (Å²) in [7, 11) is 0. The maximum absolute atomic E-state index is 12.0. The average molecular weight is 240 g/mol. The third-order valence-corrected chi connectivity index (χ3v) is 3.17. The topological polar surface area (TPSA) is 52.6 Å². The van der Waals surface area contributed by atoms with Gasteiger partial charge in [-0.2, -0.15) is 5.06 Å². The Bertz CT molecular complexity index is 362. The van der Waals surface area contributed by atoms with Crippen molar-refractivity contribution in [3.05, 3.63) is 11.8 Å². The maximum atomic E-state index is 12.0. The predicted octanol–water partition coefficient (Wildman–Crippen LogP) is 2.29. The van der Waals surface area contributed by atoms with Gasteiger partial charge in [-0.1, -0.05) is 20.8 Å². The Balaban J connectivity index is 3.09. The maximum Gasteiger partial charge on any atom is 0.162 e. The van der Waals surface area contributed by atoms with Crippen LogP contribution in [0.2, 0.25) is 0 Å². The quantitative estimate of drug-likeness (QED) is 0.690.